The Balaban J connectivity index is 1.13. The van der Waals surface area contributed by atoms with Gasteiger partial charge in [-0.3, -0.25) is 9.58 Å². The Hall–Kier alpha value is -4.28. The zero-order valence-electron chi connectivity index (χ0n) is 24.7. The lowest BCUT2D eigenvalue weighted by atomic mass is 9.93. The van der Waals surface area contributed by atoms with Crippen LogP contribution in [0.15, 0.2) is 60.7 Å². The van der Waals surface area contributed by atoms with E-state index < -0.39 is 11.8 Å². The molecule has 0 unspecified atom stereocenters. The predicted molar refractivity (Wildman–Crippen MR) is 166 cm³/mol. The number of carboxylic acids is 1. The average Bonchev–Trinajstić information content (AvgIpc) is 3.52. The highest BCUT2D eigenvalue weighted by atomic mass is 35.5. The number of aryl methyl sites for hydroxylation is 4. The van der Waals surface area contributed by atoms with E-state index in [-0.39, 0.29) is 18.1 Å². The Labute approximate surface area is 259 Å². The first-order valence-corrected chi connectivity index (χ1v) is 15.1. The number of aromatic nitrogens is 5. The molecular formula is C33H34ClFN6O3. The number of halogens is 2. The zero-order valence-corrected chi connectivity index (χ0v) is 25.5. The number of hydrogen-bond donors (Lipinski definition) is 1. The molecule has 0 saturated carbocycles. The quantitative estimate of drug-likeness (QED) is 0.194. The normalized spacial score (nSPS) is 14.4. The molecule has 1 N–H and O–H groups in total. The number of imidazole rings is 1. The second kappa shape index (κ2) is 12.8. The highest BCUT2D eigenvalue weighted by Gasteiger charge is 2.24. The first-order valence-electron chi connectivity index (χ1n) is 14.7. The van der Waals surface area contributed by atoms with Crippen LogP contribution in [0, 0.1) is 19.7 Å². The number of pyridine rings is 1. The fourth-order valence-corrected chi connectivity index (χ4v) is 6.05. The molecule has 1 aliphatic rings. The van der Waals surface area contributed by atoms with E-state index in [2.05, 4.69) is 20.6 Å². The maximum absolute atomic E-state index is 14.2. The fourth-order valence-electron chi connectivity index (χ4n) is 5.89. The third-order valence-electron chi connectivity index (χ3n) is 8.22. The molecule has 0 spiro atoms. The molecule has 228 valence electrons. The number of likely N-dealkylation sites (tertiary alicyclic amines) is 1. The number of carboxylic acid groups (broad SMARTS) is 1. The van der Waals surface area contributed by atoms with Gasteiger partial charge in [0.25, 0.3) is 0 Å². The molecule has 0 amide bonds. The highest BCUT2D eigenvalue weighted by Crippen LogP contribution is 2.29. The molecule has 5 aromatic rings. The van der Waals surface area contributed by atoms with Crippen LogP contribution in [0.3, 0.4) is 0 Å². The van der Waals surface area contributed by atoms with E-state index in [1.807, 2.05) is 30.7 Å². The number of piperidine rings is 1. The van der Waals surface area contributed by atoms with E-state index >= 15 is 0 Å². The summed E-state index contributed by atoms with van der Waals surface area (Å²) in [6, 6.07) is 17.4. The molecule has 6 rings (SSSR count). The Morgan fingerprint density at radius 1 is 1.05 bits per heavy atom. The molecule has 2 aromatic carbocycles. The number of nitrogens with zero attached hydrogens (tertiary/aromatic N) is 6. The van der Waals surface area contributed by atoms with Gasteiger partial charge in [0.15, 0.2) is 0 Å². The van der Waals surface area contributed by atoms with Gasteiger partial charge in [-0.2, -0.15) is 5.10 Å². The minimum atomic E-state index is -0.956. The molecule has 1 saturated heterocycles. The number of ether oxygens (including phenoxy) is 1. The Bertz CT molecular complexity index is 1810. The second-order valence-electron chi connectivity index (χ2n) is 11.3. The number of carbonyl (C=O) groups is 1. The summed E-state index contributed by atoms with van der Waals surface area (Å²) in [5, 5.41) is 14.6. The Morgan fingerprint density at radius 3 is 2.59 bits per heavy atom. The van der Waals surface area contributed by atoms with Crippen LogP contribution in [0.2, 0.25) is 5.02 Å². The molecule has 3 aromatic heterocycles. The van der Waals surface area contributed by atoms with Crippen LogP contribution in [0.5, 0.6) is 5.88 Å². The highest BCUT2D eigenvalue weighted by molar-refractivity contribution is 6.30. The van der Waals surface area contributed by atoms with Crippen LogP contribution in [0.1, 0.15) is 57.6 Å². The molecule has 0 aliphatic carbocycles. The SMILES string of the molecule is Cc1cc(C)n(CCn2c(CN3CCC(c4cccc(OCc5ccc(Cl)cc5F)n4)CC3)nc3ccc(C(=O)O)cc32)n1. The maximum atomic E-state index is 14.2. The largest absolute Gasteiger partial charge is 0.478 e. The topological polar surface area (TPSA) is 98.3 Å². The minimum Gasteiger partial charge on any atom is -0.478 e. The van der Waals surface area contributed by atoms with Crippen molar-refractivity contribution in [1.82, 2.24) is 29.2 Å². The van der Waals surface area contributed by atoms with Gasteiger partial charge in [0, 0.05) is 40.5 Å². The summed E-state index contributed by atoms with van der Waals surface area (Å²) in [6.45, 7) is 7.77. The van der Waals surface area contributed by atoms with Crippen LogP contribution in [0.4, 0.5) is 4.39 Å². The number of benzene rings is 2. The average molecular weight is 617 g/mol. The van der Waals surface area contributed by atoms with E-state index in [1.165, 1.54) is 6.07 Å². The molecule has 0 atom stereocenters. The molecule has 44 heavy (non-hydrogen) atoms. The first kappa shape index (κ1) is 29.8. The van der Waals surface area contributed by atoms with Crippen LogP contribution in [-0.4, -0.2) is 53.4 Å². The minimum absolute atomic E-state index is 0.0758. The first-order chi connectivity index (χ1) is 21.2. The van der Waals surface area contributed by atoms with Crippen molar-refractivity contribution in [2.24, 2.45) is 0 Å². The van der Waals surface area contributed by atoms with Gasteiger partial charge in [-0.1, -0.05) is 23.7 Å². The van der Waals surface area contributed by atoms with E-state index in [9.17, 15) is 14.3 Å². The summed E-state index contributed by atoms with van der Waals surface area (Å²) in [4.78, 5) is 23.8. The van der Waals surface area contributed by atoms with Crippen molar-refractivity contribution in [3.63, 3.8) is 0 Å². The van der Waals surface area contributed by atoms with Gasteiger partial charge in [0.1, 0.15) is 18.2 Å². The summed E-state index contributed by atoms with van der Waals surface area (Å²) < 4.78 is 24.1. The third-order valence-corrected chi connectivity index (χ3v) is 8.45. The molecule has 0 bridgehead atoms. The van der Waals surface area contributed by atoms with Crippen molar-refractivity contribution in [3.8, 4) is 5.88 Å². The smallest absolute Gasteiger partial charge is 0.335 e. The summed E-state index contributed by atoms with van der Waals surface area (Å²) in [7, 11) is 0. The van der Waals surface area contributed by atoms with Crippen molar-refractivity contribution in [1.29, 1.82) is 0 Å². The van der Waals surface area contributed by atoms with E-state index in [0.717, 1.165) is 59.9 Å². The van der Waals surface area contributed by atoms with Gasteiger partial charge >= 0.3 is 5.97 Å². The standard InChI is InChI=1S/C33H34ClFN6O3/c1-21-16-22(2)41(38-21)15-14-40-30-17-24(33(42)43)7-9-29(30)36-31(40)19-39-12-10-23(11-13-39)28-4-3-5-32(37-28)44-20-25-6-8-26(34)18-27(25)35/h3-9,16-18,23H,10-15,19-20H2,1-2H3,(H,42,43). The van der Waals surface area contributed by atoms with Crippen LogP contribution in [0.25, 0.3) is 11.0 Å². The van der Waals surface area contributed by atoms with Crippen molar-refractivity contribution in [2.45, 2.75) is 58.8 Å². The monoisotopic (exact) mass is 616 g/mol. The number of aromatic carboxylic acids is 1. The van der Waals surface area contributed by atoms with E-state index in [1.54, 1.807) is 36.4 Å². The predicted octanol–water partition coefficient (Wildman–Crippen LogP) is 6.39. The van der Waals surface area contributed by atoms with Crippen molar-refractivity contribution < 1.29 is 19.0 Å². The maximum Gasteiger partial charge on any atom is 0.335 e. The lowest BCUT2D eigenvalue weighted by Crippen LogP contribution is -2.33. The van der Waals surface area contributed by atoms with Crippen molar-refractivity contribution in [3.05, 3.63) is 106 Å². The number of fused-ring (bicyclic) bond motifs is 1. The molecule has 4 heterocycles. The van der Waals surface area contributed by atoms with Gasteiger partial charge in [0.05, 0.1) is 35.4 Å². The summed E-state index contributed by atoms with van der Waals surface area (Å²) in [5.74, 6) is 0.303. The molecule has 0 radical (unpaired) electrons. The molecular weight excluding hydrogens is 583 g/mol. The number of hydrogen-bond acceptors (Lipinski definition) is 6. The molecule has 11 heteroatoms. The van der Waals surface area contributed by atoms with Gasteiger partial charge < -0.3 is 14.4 Å². The zero-order chi connectivity index (χ0) is 30.8. The van der Waals surface area contributed by atoms with Crippen LogP contribution >= 0.6 is 11.6 Å². The van der Waals surface area contributed by atoms with Crippen LogP contribution in [-0.2, 0) is 26.2 Å². The molecule has 9 nitrogen and oxygen atoms in total. The van der Waals surface area contributed by atoms with Gasteiger partial charge in [-0.25, -0.2) is 19.2 Å². The third kappa shape index (κ3) is 6.61. The Kier molecular flexibility index (Phi) is 8.63. The van der Waals surface area contributed by atoms with Gasteiger partial charge in [0.2, 0.25) is 5.88 Å². The fraction of sp³-hybridized carbons (Fsp3) is 0.333. The lowest BCUT2D eigenvalue weighted by Gasteiger charge is -2.31. The van der Waals surface area contributed by atoms with Crippen LogP contribution < -0.4 is 4.74 Å². The molecule has 1 aliphatic heterocycles. The lowest BCUT2D eigenvalue weighted by molar-refractivity contribution is 0.0697. The summed E-state index contributed by atoms with van der Waals surface area (Å²) in [5.41, 5.74) is 5.29. The summed E-state index contributed by atoms with van der Waals surface area (Å²) in [6.07, 6.45) is 1.86. The van der Waals surface area contributed by atoms with Gasteiger partial charge in [-0.05, 0) is 82.2 Å². The van der Waals surface area contributed by atoms with Crippen molar-refractivity contribution >= 4 is 28.6 Å². The van der Waals surface area contributed by atoms with Gasteiger partial charge in [-0.15, -0.1) is 0 Å². The van der Waals surface area contributed by atoms with E-state index in [0.29, 0.717) is 36.1 Å². The van der Waals surface area contributed by atoms with Crippen molar-refractivity contribution in [2.75, 3.05) is 13.1 Å². The number of rotatable bonds is 10. The molecule has 1 fully saturated rings. The second-order valence-corrected chi connectivity index (χ2v) is 11.8. The Morgan fingerprint density at radius 2 is 1.86 bits per heavy atom. The van der Waals surface area contributed by atoms with E-state index in [4.69, 9.17) is 26.3 Å². The summed E-state index contributed by atoms with van der Waals surface area (Å²) >= 11 is 5.86.